The van der Waals surface area contributed by atoms with Crippen molar-refractivity contribution in [2.24, 2.45) is 0 Å². The first-order valence-electron chi connectivity index (χ1n) is 12.1. The lowest BCUT2D eigenvalue weighted by Crippen LogP contribution is -2.39. The van der Waals surface area contributed by atoms with E-state index in [1.165, 1.54) is 0 Å². The van der Waals surface area contributed by atoms with Gasteiger partial charge < -0.3 is 10.2 Å². The Hall–Kier alpha value is -3.12. The van der Waals surface area contributed by atoms with Crippen LogP contribution in [0.2, 0.25) is 5.02 Å². The maximum atomic E-state index is 13.3. The number of hydrogen-bond acceptors (Lipinski definition) is 3. The van der Waals surface area contributed by atoms with E-state index >= 15 is 0 Å². The van der Waals surface area contributed by atoms with Crippen molar-refractivity contribution < 1.29 is 9.59 Å². The Morgan fingerprint density at radius 1 is 1.06 bits per heavy atom. The van der Waals surface area contributed by atoms with E-state index in [9.17, 15) is 9.59 Å². The second kappa shape index (κ2) is 11.5. The third kappa shape index (κ3) is 6.73. The van der Waals surface area contributed by atoms with Crippen molar-refractivity contribution in [3.8, 4) is 5.69 Å². The fraction of sp³-hybridized carbons (Fsp3) is 0.393. The van der Waals surface area contributed by atoms with E-state index in [2.05, 4.69) is 33.0 Å². The SMILES string of the molecule is CCCCCN(CC(=O)Nc1cc(C(C)(C)C)nn1-c1ccccc1Cl)C(=O)c1ccccc1C. The zero-order valence-electron chi connectivity index (χ0n) is 21.3. The Morgan fingerprint density at radius 3 is 2.40 bits per heavy atom. The summed E-state index contributed by atoms with van der Waals surface area (Å²) in [5, 5.41) is 8.25. The Bertz CT molecular complexity index is 1180. The number of para-hydroxylation sites is 1. The van der Waals surface area contributed by atoms with Crippen LogP contribution in [0.4, 0.5) is 5.82 Å². The summed E-state index contributed by atoms with van der Waals surface area (Å²) in [7, 11) is 0. The van der Waals surface area contributed by atoms with Gasteiger partial charge in [0.1, 0.15) is 12.4 Å². The predicted octanol–water partition coefficient (Wildman–Crippen LogP) is 6.40. The van der Waals surface area contributed by atoms with E-state index in [0.29, 0.717) is 28.6 Å². The number of anilines is 1. The first-order chi connectivity index (χ1) is 16.6. The molecule has 186 valence electrons. The van der Waals surface area contributed by atoms with Gasteiger partial charge in [0, 0.05) is 23.6 Å². The molecule has 0 spiro atoms. The van der Waals surface area contributed by atoms with E-state index in [1.807, 2.05) is 55.5 Å². The van der Waals surface area contributed by atoms with Crippen molar-refractivity contribution >= 4 is 29.2 Å². The zero-order valence-corrected chi connectivity index (χ0v) is 22.0. The lowest BCUT2D eigenvalue weighted by molar-refractivity contribution is -0.117. The van der Waals surface area contributed by atoms with Crippen molar-refractivity contribution in [2.45, 2.75) is 59.3 Å². The van der Waals surface area contributed by atoms with Crippen LogP contribution in [0, 0.1) is 6.92 Å². The molecule has 0 aliphatic heterocycles. The highest BCUT2D eigenvalue weighted by atomic mass is 35.5. The van der Waals surface area contributed by atoms with E-state index in [4.69, 9.17) is 16.7 Å². The summed E-state index contributed by atoms with van der Waals surface area (Å²) in [5.41, 5.74) is 2.79. The largest absolute Gasteiger partial charge is 0.329 e. The maximum absolute atomic E-state index is 13.3. The zero-order chi connectivity index (χ0) is 25.6. The van der Waals surface area contributed by atoms with Crippen molar-refractivity contribution in [2.75, 3.05) is 18.4 Å². The third-order valence-electron chi connectivity index (χ3n) is 5.85. The first kappa shape index (κ1) is 26.5. The molecule has 7 heteroatoms. The minimum absolute atomic E-state index is 0.0462. The molecule has 2 aromatic carbocycles. The van der Waals surface area contributed by atoms with Crippen LogP contribution in [0.5, 0.6) is 0 Å². The van der Waals surface area contributed by atoms with Crippen LogP contribution in [0.25, 0.3) is 5.69 Å². The molecule has 35 heavy (non-hydrogen) atoms. The van der Waals surface area contributed by atoms with E-state index < -0.39 is 0 Å². The molecule has 0 unspecified atom stereocenters. The van der Waals surface area contributed by atoms with Crippen LogP contribution in [0.1, 0.15) is 68.6 Å². The molecule has 0 radical (unpaired) electrons. The van der Waals surface area contributed by atoms with Gasteiger partial charge in [-0.2, -0.15) is 5.10 Å². The average molecular weight is 495 g/mol. The minimum atomic E-state index is -0.280. The second-order valence-electron chi connectivity index (χ2n) is 9.82. The lowest BCUT2D eigenvalue weighted by atomic mass is 9.92. The Balaban J connectivity index is 1.87. The summed E-state index contributed by atoms with van der Waals surface area (Å²) in [6.07, 6.45) is 2.87. The lowest BCUT2D eigenvalue weighted by Gasteiger charge is -2.23. The standard InChI is InChI=1S/C28H35ClN4O2/c1-6-7-12-17-32(27(35)21-14-9-8-13-20(21)2)19-26(34)30-25-18-24(28(3,4)5)31-33(25)23-16-11-10-15-22(23)29/h8-11,13-16,18H,6-7,12,17,19H2,1-5H3,(H,30,34). The normalized spacial score (nSPS) is 11.4. The molecule has 3 rings (SSSR count). The summed E-state index contributed by atoms with van der Waals surface area (Å²) in [6.45, 7) is 10.7. The van der Waals surface area contributed by atoms with Gasteiger partial charge in [-0.25, -0.2) is 4.68 Å². The number of hydrogen-bond donors (Lipinski definition) is 1. The quantitative estimate of drug-likeness (QED) is 0.350. The fourth-order valence-electron chi connectivity index (χ4n) is 3.79. The number of halogens is 1. The highest BCUT2D eigenvalue weighted by Gasteiger charge is 2.24. The van der Waals surface area contributed by atoms with Crippen molar-refractivity contribution in [3.05, 3.63) is 76.4 Å². The summed E-state index contributed by atoms with van der Waals surface area (Å²) in [6, 6.07) is 16.7. The van der Waals surface area contributed by atoms with Crippen molar-refractivity contribution in [3.63, 3.8) is 0 Å². The molecule has 6 nitrogen and oxygen atoms in total. The molecular weight excluding hydrogens is 460 g/mol. The number of benzene rings is 2. The highest BCUT2D eigenvalue weighted by molar-refractivity contribution is 6.32. The minimum Gasteiger partial charge on any atom is -0.329 e. The van der Waals surface area contributed by atoms with Gasteiger partial charge in [0.05, 0.1) is 16.4 Å². The van der Waals surface area contributed by atoms with E-state index in [1.54, 1.807) is 15.6 Å². The average Bonchev–Trinajstić information content (AvgIpc) is 3.22. The predicted molar refractivity (Wildman–Crippen MR) is 143 cm³/mol. The van der Waals surface area contributed by atoms with Gasteiger partial charge >= 0.3 is 0 Å². The summed E-state index contributed by atoms with van der Waals surface area (Å²) < 4.78 is 1.66. The molecule has 3 aromatic rings. The monoisotopic (exact) mass is 494 g/mol. The molecule has 2 amide bonds. The second-order valence-corrected chi connectivity index (χ2v) is 10.2. The molecule has 0 aliphatic rings. The topological polar surface area (TPSA) is 67.2 Å². The number of unbranched alkanes of at least 4 members (excludes halogenated alkanes) is 2. The molecule has 1 heterocycles. The number of nitrogens with one attached hydrogen (secondary N) is 1. The van der Waals surface area contributed by atoms with Gasteiger partial charge in [-0.1, -0.05) is 82.5 Å². The van der Waals surface area contributed by atoms with Crippen LogP contribution in [-0.4, -0.2) is 39.6 Å². The first-order valence-corrected chi connectivity index (χ1v) is 12.5. The number of rotatable bonds is 9. The molecule has 1 N–H and O–H groups in total. The molecule has 0 saturated heterocycles. The summed E-state index contributed by atoms with van der Waals surface area (Å²) in [5.74, 6) is 0.103. The van der Waals surface area contributed by atoms with Gasteiger partial charge in [-0.3, -0.25) is 9.59 Å². The van der Waals surface area contributed by atoms with Crippen LogP contribution in [0.15, 0.2) is 54.6 Å². The van der Waals surface area contributed by atoms with Crippen LogP contribution < -0.4 is 5.32 Å². The van der Waals surface area contributed by atoms with Gasteiger partial charge in [0.25, 0.3) is 5.91 Å². The van der Waals surface area contributed by atoms with Gasteiger partial charge in [-0.15, -0.1) is 0 Å². The van der Waals surface area contributed by atoms with Crippen molar-refractivity contribution in [1.29, 1.82) is 0 Å². The molecule has 0 atom stereocenters. The van der Waals surface area contributed by atoms with E-state index in [-0.39, 0.29) is 23.8 Å². The Kier molecular flexibility index (Phi) is 8.73. The maximum Gasteiger partial charge on any atom is 0.254 e. The summed E-state index contributed by atoms with van der Waals surface area (Å²) in [4.78, 5) is 28.2. The Labute approximate surface area is 213 Å². The van der Waals surface area contributed by atoms with Gasteiger partial charge in [0.15, 0.2) is 0 Å². The molecule has 1 aromatic heterocycles. The smallest absolute Gasteiger partial charge is 0.254 e. The number of nitrogens with zero attached hydrogens (tertiary/aromatic N) is 3. The molecular formula is C28H35ClN4O2. The molecule has 0 bridgehead atoms. The highest BCUT2D eigenvalue weighted by Crippen LogP contribution is 2.29. The van der Waals surface area contributed by atoms with Crippen molar-refractivity contribution in [1.82, 2.24) is 14.7 Å². The van der Waals surface area contributed by atoms with Gasteiger partial charge in [-0.05, 0) is 37.1 Å². The number of carbonyl (C=O) groups is 2. The van der Waals surface area contributed by atoms with Crippen LogP contribution in [0.3, 0.4) is 0 Å². The molecule has 0 fully saturated rings. The van der Waals surface area contributed by atoms with Gasteiger partial charge in [0.2, 0.25) is 5.91 Å². The van der Waals surface area contributed by atoms with Crippen LogP contribution >= 0.6 is 11.6 Å². The van der Waals surface area contributed by atoms with E-state index in [0.717, 1.165) is 30.5 Å². The number of aromatic nitrogens is 2. The number of amides is 2. The number of carbonyl (C=O) groups excluding carboxylic acids is 2. The van der Waals surface area contributed by atoms with Crippen LogP contribution in [-0.2, 0) is 10.2 Å². The molecule has 0 saturated carbocycles. The number of aryl methyl sites for hydroxylation is 1. The Morgan fingerprint density at radius 2 is 1.74 bits per heavy atom. The third-order valence-corrected chi connectivity index (χ3v) is 6.17. The summed E-state index contributed by atoms with van der Waals surface area (Å²) >= 11 is 6.44. The fourth-order valence-corrected chi connectivity index (χ4v) is 4.00. The molecule has 0 aliphatic carbocycles.